The number of rotatable bonds is 15. The molecule has 47 heavy (non-hydrogen) atoms. The van der Waals surface area contributed by atoms with Crippen molar-refractivity contribution in [3.8, 4) is 5.75 Å². The summed E-state index contributed by atoms with van der Waals surface area (Å²) in [5.74, 6) is -0.301. The van der Waals surface area contributed by atoms with E-state index in [2.05, 4.69) is 5.32 Å². The minimum absolute atomic E-state index is 0.0342. The number of anilines is 1. The Morgan fingerprint density at radius 3 is 2.15 bits per heavy atom. The molecular weight excluding hydrogens is 634 g/mol. The van der Waals surface area contributed by atoms with Gasteiger partial charge in [-0.2, -0.15) is 0 Å². The first-order chi connectivity index (χ1) is 22.5. The summed E-state index contributed by atoms with van der Waals surface area (Å²) in [7, 11) is -4.21. The minimum atomic E-state index is -4.21. The molecule has 0 aliphatic rings. The van der Waals surface area contributed by atoms with E-state index in [9.17, 15) is 18.0 Å². The second-order valence-corrected chi connectivity index (χ2v) is 13.7. The van der Waals surface area contributed by atoms with Gasteiger partial charge in [-0.15, -0.1) is 0 Å². The summed E-state index contributed by atoms with van der Waals surface area (Å²) in [5.41, 5.74) is 2.75. The maximum atomic E-state index is 14.6. The zero-order valence-corrected chi connectivity index (χ0v) is 28.8. The molecule has 4 aromatic rings. The lowest BCUT2D eigenvalue weighted by atomic mass is 10.0. The fraction of sp³-hybridized carbons (Fsp3) is 0.297. The van der Waals surface area contributed by atoms with E-state index in [1.807, 2.05) is 64.1 Å². The third-order valence-electron chi connectivity index (χ3n) is 7.84. The van der Waals surface area contributed by atoms with Crippen molar-refractivity contribution in [2.24, 2.45) is 0 Å². The lowest BCUT2D eigenvalue weighted by molar-refractivity contribution is -0.140. The van der Waals surface area contributed by atoms with E-state index < -0.39 is 28.5 Å². The summed E-state index contributed by atoms with van der Waals surface area (Å²) >= 11 is 6.33. The molecule has 0 unspecified atom stereocenters. The van der Waals surface area contributed by atoms with Crippen LogP contribution in [0.2, 0.25) is 5.02 Å². The Morgan fingerprint density at radius 1 is 0.872 bits per heavy atom. The molecule has 0 aliphatic carbocycles. The average molecular weight is 676 g/mol. The van der Waals surface area contributed by atoms with Gasteiger partial charge in [0.1, 0.15) is 18.3 Å². The van der Waals surface area contributed by atoms with E-state index in [4.69, 9.17) is 16.3 Å². The highest BCUT2D eigenvalue weighted by molar-refractivity contribution is 7.92. The van der Waals surface area contributed by atoms with Crippen molar-refractivity contribution < 1.29 is 22.7 Å². The minimum Gasteiger partial charge on any atom is -0.494 e. The van der Waals surface area contributed by atoms with E-state index in [1.54, 1.807) is 54.6 Å². The van der Waals surface area contributed by atoms with Gasteiger partial charge in [-0.3, -0.25) is 13.9 Å². The van der Waals surface area contributed by atoms with Gasteiger partial charge in [0.15, 0.2) is 0 Å². The van der Waals surface area contributed by atoms with Crippen molar-refractivity contribution >= 4 is 39.1 Å². The number of hydrogen-bond donors (Lipinski definition) is 1. The number of sulfonamides is 1. The number of ether oxygens (including phenoxy) is 1. The summed E-state index contributed by atoms with van der Waals surface area (Å²) < 4.78 is 35.1. The third kappa shape index (κ3) is 9.59. The summed E-state index contributed by atoms with van der Waals surface area (Å²) in [6, 6.07) is 28.5. The van der Waals surface area contributed by atoms with Gasteiger partial charge in [-0.05, 0) is 86.8 Å². The van der Waals surface area contributed by atoms with Crippen molar-refractivity contribution in [3.63, 3.8) is 0 Å². The highest BCUT2D eigenvalue weighted by Gasteiger charge is 2.35. The van der Waals surface area contributed by atoms with Gasteiger partial charge < -0.3 is 15.0 Å². The van der Waals surface area contributed by atoms with Crippen LogP contribution in [0, 0.1) is 6.92 Å². The molecule has 0 fully saturated rings. The molecule has 248 valence electrons. The first-order valence-corrected chi connectivity index (χ1v) is 17.5. The van der Waals surface area contributed by atoms with Crippen molar-refractivity contribution in [3.05, 3.63) is 125 Å². The Kier molecular flexibility index (Phi) is 12.4. The Morgan fingerprint density at radius 2 is 1.53 bits per heavy atom. The van der Waals surface area contributed by atoms with Crippen LogP contribution in [0.15, 0.2) is 108 Å². The maximum Gasteiger partial charge on any atom is 0.264 e. The molecule has 0 aromatic heterocycles. The molecule has 2 atom stereocenters. The molecule has 2 amide bonds. The van der Waals surface area contributed by atoms with E-state index >= 15 is 0 Å². The number of aryl methyl sites for hydroxylation is 1. The predicted octanol–water partition coefficient (Wildman–Crippen LogP) is 6.80. The van der Waals surface area contributed by atoms with Crippen LogP contribution < -0.4 is 14.4 Å². The molecule has 10 heteroatoms. The normalized spacial score (nSPS) is 12.5. The fourth-order valence-corrected chi connectivity index (χ4v) is 6.70. The van der Waals surface area contributed by atoms with Crippen LogP contribution in [0.4, 0.5) is 5.69 Å². The summed E-state index contributed by atoms with van der Waals surface area (Å²) in [4.78, 5) is 30.0. The van der Waals surface area contributed by atoms with Crippen LogP contribution in [-0.4, -0.2) is 50.4 Å². The molecule has 0 saturated heterocycles. The smallest absolute Gasteiger partial charge is 0.264 e. The first-order valence-electron chi connectivity index (χ1n) is 15.7. The van der Waals surface area contributed by atoms with Crippen LogP contribution in [-0.2, 0) is 32.6 Å². The van der Waals surface area contributed by atoms with Gasteiger partial charge in [-0.25, -0.2) is 8.42 Å². The second kappa shape index (κ2) is 16.5. The van der Waals surface area contributed by atoms with E-state index in [0.29, 0.717) is 29.4 Å². The molecule has 4 aromatic carbocycles. The van der Waals surface area contributed by atoms with Crippen LogP contribution in [0.5, 0.6) is 5.75 Å². The highest BCUT2D eigenvalue weighted by atomic mass is 35.5. The number of benzene rings is 4. The van der Waals surface area contributed by atoms with Gasteiger partial charge in [0, 0.05) is 24.0 Å². The lowest BCUT2D eigenvalue weighted by Gasteiger charge is -2.34. The largest absolute Gasteiger partial charge is 0.494 e. The standard InChI is InChI=1S/C37H42ClN3O5S/c1-5-28(4)39-37(43)35(24-29-11-8-7-9-12-29)40(25-30-13-10-14-31(38)23-30)36(42)26-41(32-17-19-33(20-18-32)46-6-2)47(44,45)34-21-15-27(3)16-22-34/h7-23,28,35H,5-6,24-26H2,1-4H3,(H,39,43)/t28-,35-/m0/s1. The average Bonchev–Trinajstić information content (AvgIpc) is 3.06. The quantitative estimate of drug-likeness (QED) is 0.150. The number of amides is 2. The van der Waals surface area contributed by atoms with Crippen molar-refractivity contribution in [2.75, 3.05) is 17.5 Å². The Balaban J connectivity index is 1.81. The zero-order chi connectivity index (χ0) is 34.0. The summed E-state index contributed by atoms with van der Waals surface area (Å²) in [5, 5.41) is 3.53. The monoisotopic (exact) mass is 675 g/mol. The molecule has 4 rings (SSSR count). The van der Waals surface area contributed by atoms with E-state index in [0.717, 1.165) is 15.4 Å². The highest BCUT2D eigenvalue weighted by Crippen LogP contribution is 2.27. The number of halogens is 1. The molecule has 0 heterocycles. The van der Waals surface area contributed by atoms with Gasteiger partial charge in [0.25, 0.3) is 10.0 Å². The SMILES string of the molecule is CCOc1ccc(N(CC(=O)N(Cc2cccc(Cl)c2)[C@@H](Cc2ccccc2)C(=O)N[C@@H](C)CC)S(=O)(=O)c2ccc(C)cc2)cc1. The van der Waals surface area contributed by atoms with Crippen LogP contribution >= 0.6 is 11.6 Å². The number of nitrogens with one attached hydrogen (secondary N) is 1. The molecule has 1 N–H and O–H groups in total. The molecule has 0 saturated carbocycles. The van der Waals surface area contributed by atoms with E-state index in [-0.39, 0.29) is 35.5 Å². The Hall–Kier alpha value is -4.34. The summed E-state index contributed by atoms with van der Waals surface area (Å²) in [6.07, 6.45) is 0.926. The number of carbonyl (C=O) groups excluding carboxylic acids is 2. The molecule has 0 spiro atoms. The van der Waals surface area contributed by atoms with Gasteiger partial charge in [0.05, 0.1) is 17.2 Å². The molecule has 0 aliphatic heterocycles. The lowest BCUT2D eigenvalue weighted by Crippen LogP contribution is -2.54. The Labute approximate surface area is 283 Å². The topological polar surface area (TPSA) is 96.0 Å². The third-order valence-corrected chi connectivity index (χ3v) is 9.86. The first kappa shape index (κ1) is 35.5. The molecular formula is C37H42ClN3O5S. The number of hydrogen-bond acceptors (Lipinski definition) is 5. The molecule has 8 nitrogen and oxygen atoms in total. The Bertz CT molecular complexity index is 1730. The van der Waals surface area contributed by atoms with Crippen molar-refractivity contribution in [2.45, 2.75) is 64.1 Å². The van der Waals surface area contributed by atoms with Crippen LogP contribution in [0.25, 0.3) is 0 Å². The van der Waals surface area contributed by atoms with Gasteiger partial charge in [-0.1, -0.05) is 78.7 Å². The van der Waals surface area contributed by atoms with Gasteiger partial charge in [0.2, 0.25) is 11.8 Å². The molecule has 0 bridgehead atoms. The van der Waals surface area contributed by atoms with Crippen LogP contribution in [0.3, 0.4) is 0 Å². The number of nitrogens with zero attached hydrogens (tertiary/aromatic N) is 2. The number of carbonyl (C=O) groups is 2. The van der Waals surface area contributed by atoms with E-state index in [1.165, 1.54) is 17.0 Å². The molecule has 0 radical (unpaired) electrons. The summed E-state index contributed by atoms with van der Waals surface area (Å²) in [6.45, 7) is 7.54. The predicted molar refractivity (Wildman–Crippen MR) is 187 cm³/mol. The van der Waals surface area contributed by atoms with Gasteiger partial charge >= 0.3 is 0 Å². The van der Waals surface area contributed by atoms with Crippen LogP contribution in [0.1, 0.15) is 43.9 Å². The fourth-order valence-electron chi connectivity index (χ4n) is 5.07. The van der Waals surface area contributed by atoms with Crippen molar-refractivity contribution in [1.82, 2.24) is 10.2 Å². The zero-order valence-electron chi connectivity index (χ0n) is 27.2. The second-order valence-electron chi connectivity index (χ2n) is 11.4. The van der Waals surface area contributed by atoms with Crippen molar-refractivity contribution in [1.29, 1.82) is 0 Å². The maximum absolute atomic E-state index is 14.6.